The van der Waals surface area contributed by atoms with Crippen LogP contribution in [0.1, 0.15) is 168 Å². The highest BCUT2D eigenvalue weighted by Gasteiger charge is 2.35. The van der Waals surface area contributed by atoms with E-state index in [1.165, 1.54) is 89.9 Å². The van der Waals surface area contributed by atoms with E-state index >= 15 is 0 Å². The van der Waals surface area contributed by atoms with Crippen molar-refractivity contribution in [3.63, 3.8) is 0 Å². The molecular weight excluding hydrogens is 564 g/mol. The minimum atomic E-state index is -0.987. The van der Waals surface area contributed by atoms with Gasteiger partial charge in [0.2, 0.25) is 0 Å². The summed E-state index contributed by atoms with van der Waals surface area (Å²) in [5.74, 6) is -0.633. The van der Waals surface area contributed by atoms with Crippen LogP contribution in [-0.2, 0) is 23.8 Å². The molecule has 260 valence electrons. The van der Waals surface area contributed by atoms with Crippen molar-refractivity contribution in [1.82, 2.24) is 0 Å². The van der Waals surface area contributed by atoms with Gasteiger partial charge in [-0.05, 0) is 51.4 Å². The van der Waals surface area contributed by atoms with Gasteiger partial charge >= 0.3 is 11.9 Å². The number of rotatable bonds is 32. The number of esters is 2. The molecule has 45 heavy (non-hydrogen) atoms. The molecule has 1 saturated heterocycles. The van der Waals surface area contributed by atoms with E-state index in [1.807, 2.05) is 0 Å². The van der Waals surface area contributed by atoms with Crippen molar-refractivity contribution in [3.05, 3.63) is 36.5 Å². The third kappa shape index (κ3) is 28.1. The van der Waals surface area contributed by atoms with E-state index in [4.69, 9.17) is 14.2 Å². The Morgan fingerprint density at radius 3 is 1.58 bits per heavy atom. The Balaban J connectivity index is 1.87. The molecule has 0 radical (unpaired) electrons. The standard InChI is InChI=1S/C39H68O6/c1-3-5-7-9-11-12-13-14-15-16-19-23-27-31-38(41)43-33-35(40)34-44-39(42)32-28-24-20-17-18-22-26-30-37-36(45-37)29-25-21-10-8-6-4-2/h17,20-22,25-26,35-37,40H,3-16,18-19,23-24,27-34H2,1-2H3/b20-17-,25-21-,26-22-/t35-,36?,37?/m0/s1. The van der Waals surface area contributed by atoms with Gasteiger partial charge in [0.25, 0.3) is 0 Å². The molecular formula is C39H68O6. The molecule has 0 amide bonds. The predicted molar refractivity (Wildman–Crippen MR) is 186 cm³/mol. The maximum atomic E-state index is 11.9. The van der Waals surface area contributed by atoms with Crippen LogP contribution in [0.3, 0.4) is 0 Å². The Labute approximate surface area is 276 Å². The summed E-state index contributed by atoms with van der Waals surface area (Å²) >= 11 is 0. The lowest BCUT2D eigenvalue weighted by molar-refractivity contribution is -0.152. The average Bonchev–Trinajstić information content (AvgIpc) is 3.79. The lowest BCUT2D eigenvalue weighted by Gasteiger charge is -2.12. The monoisotopic (exact) mass is 633 g/mol. The summed E-state index contributed by atoms with van der Waals surface area (Å²) in [6, 6.07) is 0. The third-order valence-corrected chi connectivity index (χ3v) is 8.28. The fraction of sp³-hybridized carbons (Fsp3) is 0.795. The summed E-state index contributed by atoms with van der Waals surface area (Å²) < 4.78 is 16.0. The van der Waals surface area contributed by atoms with Crippen LogP contribution < -0.4 is 0 Å². The van der Waals surface area contributed by atoms with Crippen LogP contribution in [-0.4, -0.2) is 48.6 Å². The molecule has 6 nitrogen and oxygen atoms in total. The van der Waals surface area contributed by atoms with Gasteiger partial charge in [-0.1, -0.05) is 140 Å². The van der Waals surface area contributed by atoms with Crippen LogP contribution >= 0.6 is 0 Å². The van der Waals surface area contributed by atoms with Gasteiger partial charge < -0.3 is 19.3 Å². The Morgan fingerprint density at radius 2 is 1.00 bits per heavy atom. The van der Waals surface area contributed by atoms with Crippen molar-refractivity contribution in [2.45, 2.75) is 186 Å². The number of carbonyl (C=O) groups excluding carboxylic acids is 2. The fourth-order valence-corrected chi connectivity index (χ4v) is 5.30. The van der Waals surface area contributed by atoms with Gasteiger partial charge in [0.15, 0.2) is 0 Å². The molecule has 0 aromatic carbocycles. The van der Waals surface area contributed by atoms with Gasteiger partial charge in [0.1, 0.15) is 19.3 Å². The average molecular weight is 633 g/mol. The maximum absolute atomic E-state index is 11.9. The topological polar surface area (TPSA) is 85.4 Å². The molecule has 3 atom stereocenters. The first-order valence-corrected chi connectivity index (χ1v) is 18.7. The van der Waals surface area contributed by atoms with E-state index < -0.39 is 6.10 Å². The first kappa shape index (κ1) is 41.1. The second kappa shape index (κ2) is 30.7. The molecule has 0 spiro atoms. The van der Waals surface area contributed by atoms with E-state index in [0.717, 1.165) is 44.9 Å². The SMILES string of the molecule is CCCCC/C=C\CC1OC1C/C=C\C/C=C\CCCC(=O)OC[C@@H](O)COC(=O)CCCCCCCCCCCCCCC. The highest BCUT2D eigenvalue weighted by molar-refractivity contribution is 5.69. The number of hydrogen-bond acceptors (Lipinski definition) is 6. The Hall–Kier alpha value is -1.92. The van der Waals surface area contributed by atoms with Crippen molar-refractivity contribution >= 4 is 11.9 Å². The van der Waals surface area contributed by atoms with Crippen LogP contribution in [0.15, 0.2) is 36.5 Å². The van der Waals surface area contributed by atoms with Gasteiger partial charge in [-0.15, -0.1) is 0 Å². The second-order valence-electron chi connectivity index (χ2n) is 12.7. The fourth-order valence-electron chi connectivity index (χ4n) is 5.30. The zero-order valence-corrected chi connectivity index (χ0v) is 29.1. The van der Waals surface area contributed by atoms with E-state index in [0.29, 0.717) is 31.5 Å². The highest BCUT2D eigenvalue weighted by Crippen LogP contribution is 2.29. The molecule has 1 fully saturated rings. The van der Waals surface area contributed by atoms with Gasteiger partial charge in [-0.3, -0.25) is 9.59 Å². The number of allylic oxidation sites excluding steroid dienone is 4. The third-order valence-electron chi connectivity index (χ3n) is 8.28. The lowest BCUT2D eigenvalue weighted by Crippen LogP contribution is -2.25. The quantitative estimate of drug-likeness (QED) is 0.0344. The van der Waals surface area contributed by atoms with Crippen LogP contribution in [0.5, 0.6) is 0 Å². The molecule has 2 unspecified atom stereocenters. The summed E-state index contributed by atoms with van der Waals surface area (Å²) in [7, 11) is 0. The molecule has 0 bridgehead atoms. The maximum Gasteiger partial charge on any atom is 0.305 e. The number of epoxide rings is 1. The number of aliphatic hydroxyl groups is 1. The molecule has 1 N–H and O–H groups in total. The first-order chi connectivity index (χ1) is 22.1. The Morgan fingerprint density at radius 1 is 0.578 bits per heavy atom. The zero-order chi connectivity index (χ0) is 32.6. The minimum absolute atomic E-state index is 0.134. The highest BCUT2D eigenvalue weighted by atomic mass is 16.6. The summed E-state index contributed by atoms with van der Waals surface area (Å²) in [6.07, 6.45) is 39.4. The van der Waals surface area contributed by atoms with Gasteiger partial charge in [-0.2, -0.15) is 0 Å². The smallest absolute Gasteiger partial charge is 0.305 e. The second-order valence-corrected chi connectivity index (χ2v) is 12.7. The molecule has 1 aliphatic rings. The molecule has 0 aromatic rings. The number of carbonyl (C=O) groups is 2. The summed E-state index contributed by atoms with van der Waals surface area (Å²) in [4.78, 5) is 23.9. The predicted octanol–water partition coefficient (Wildman–Crippen LogP) is 10.3. The van der Waals surface area contributed by atoms with Crippen LogP contribution in [0, 0.1) is 0 Å². The van der Waals surface area contributed by atoms with Crippen molar-refractivity contribution in [2.75, 3.05) is 13.2 Å². The van der Waals surface area contributed by atoms with Crippen molar-refractivity contribution < 1.29 is 28.9 Å². The molecule has 0 aliphatic carbocycles. The summed E-state index contributed by atoms with van der Waals surface area (Å²) in [6.45, 7) is 4.21. The summed E-state index contributed by atoms with van der Waals surface area (Å²) in [5.41, 5.74) is 0. The van der Waals surface area contributed by atoms with E-state index in [-0.39, 0.29) is 25.2 Å². The van der Waals surface area contributed by atoms with Gasteiger partial charge in [0.05, 0.1) is 12.2 Å². The van der Waals surface area contributed by atoms with Crippen molar-refractivity contribution in [1.29, 1.82) is 0 Å². The largest absolute Gasteiger partial charge is 0.463 e. The van der Waals surface area contributed by atoms with E-state index in [2.05, 4.69) is 50.3 Å². The molecule has 1 heterocycles. The van der Waals surface area contributed by atoms with E-state index in [9.17, 15) is 14.7 Å². The molecule has 1 rings (SSSR count). The zero-order valence-electron chi connectivity index (χ0n) is 29.1. The van der Waals surface area contributed by atoms with Gasteiger partial charge in [-0.25, -0.2) is 0 Å². The van der Waals surface area contributed by atoms with Crippen LogP contribution in [0.4, 0.5) is 0 Å². The number of hydrogen-bond donors (Lipinski definition) is 1. The number of aliphatic hydroxyl groups excluding tert-OH is 1. The molecule has 0 saturated carbocycles. The van der Waals surface area contributed by atoms with Crippen LogP contribution in [0.25, 0.3) is 0 Å². The van der Waals surface area contributed by atoms with Gasteiger partial charge in [0, 0.05) is 12.8 Å². The molecule has 0 aromatic heterocycles. The lowest BCUT2D eigenvalue weighted by atomic mass is 10.0. The molecule has 1 aliphatic heterocycles. The minimum Gasteiger partial charge on any atom is -0.463 e. The summed E-state index contributed by atoms with van der Waals surface area (Å²) in [5, 5.41) is 9.99. The number of unbranched alkanes of at least 4 members (excludes halogenated alkanes) is 16. The first-order valence-electron chi connectivity index (χ1n) is 18.7. The number of ether oxygens (including phenoxy) is 3. The Kier molecular flexibility index (Phi) is 28.1. The van der Waals surface area contributed by atoms with E-state index in [1.54, 1.807) is 0 Å². The Bertz CT molecular complexity index is 788. The van der Waals surface area contributed by atoms with Crippen LogP contribution in [0.2, 0.25) is 0 Å². The van der Waals surface area contributed by atoms with Crippen molar-refractivity contribution in [3.8, 4) is 0 Å². The van der Waals surface area contributed by atoms with Crippen molar-refractivity contribution in [2.24, 2.45) is 0 Å². The molecule has 6 heteroatoms. The normalized spacial score (nSPS) is 17.0.